The number of carbonyl (C=O) groups excluding carboxylic acids is 2. The van der Waals surface area contributed by atoms with Crippen LogP contribution in [0.25, 0.3) is 0 Å². The van der Waals surface area contributed by atoms with Crippen molar-refractivity contribution in [1.82, 2.24) is 0 Å². The van der Waals surface area contributed by atoms with Crippen LogP contribution >= 0.6 is 11.6 Å². The summed E-state index contributed by atoms with van der Waals surface area (Å²) in [4.78, 5) is 32.9. The highest BCUT2D eigenvalue weighted by Crippen LogP contribution is 2.23. The maximum Gasteiger partial charge on any atom is 0.299 e. The molecule has 0 bridgehead atoms. The topological polar surface area (TPSA) is 86.5 Å². The molecule has 0 N–H and O–H groups in total. The van der Waals surface area contributed by atoms with E-state index in [1.54, 1.807) is 18.2 Å². The van der Waals surface area contributed by atoms with Crippen LogP contribution in [0.5, 0.6) is 5.75 Å². The van der Waals surface area contributed by atoms with Crippen LogP contribution < -0.4 is 4.74 Å². The molecule has 0 fully saturated rings. The first kappa shape index (κ1) is 15.1. The van der Waals surface area contributed by atoms with Gasteiger partial charge in [-0.3, -0.25) is 19.7 Å². The molecule has 7 heteroatoms. The van der Waals surface area contributed by atoms with Crippen molar-refractivity contribution >= 4 is 23.7 Å². The predicted octanol–water partition coefficient (Wildman–Crippen LogP) is 1.39. The highest BCUT2D eigenvalue weighted by Gasteiger charge is 2.54. The van der Waals surface area contributed by atoms with Crippen LogP contribution in [0.3, 0.4) is 0 Å². The Morgan fingerprint density at radius 3 is 2.47 bits per heavy atom. The molecule has 101 valence electrons. The normalized spacial score (nSPS) is 15.1. The number of Topliss-reactive ketones (excluding diaryl/α,β-unsaturated/α-hetero) is 1. The third kappa shape index (κ3) is 3.08. The van der Waals surface area contributed by atoms with Crippen molar-refractivity contribution in [1.29, 1.82) is 0 Å². The van der Waals surface area contributed by atoms with Crippen molar-refractivity contribution in [2.24, 2.45) is 0 Å². The van der Waals surface area contributed by atoms with Gasteiger partial charge < -0.3 is 4.74 Å². The highest BCUT2D eigenvalue weighted by atomic mass is 35.5. The first-order chi connectivity index (χ1) is 8.97. The zero-order valence-corrected chi connectivity index (χ0v) is 10.8. The molecular weight excluding hydrogens is 274 g/mol. The summed E-state index contributed by atoms with van der Waals surface area (Å²) in [6, 6.07) is 6.14. The van der Waals surface area contributed by atoms with Gasteiger partial charge in [0, 0.05) is 4.92 Å². The number of ketones is 1. The Balaban J connectivity index is 3.23. The van der Waals surface area contributed by atoms with E-state index in [1.807, 2.05) is 0 Å². The zero-order chi connectivity index (χ0) is 14.5. The van der Waals surface area contributed by atoms with Gasteiger partial charge in [0.2, 0.25) is 0 Å². The zero-order valence-electron chi connectivity index (χ0n) is 10.0. The molecule has 0 aliphatic carbocycles. The number of benzene rings is 1. The number of rotatable bonds is 7. The largest absolute Gasteiger partial charge is 0.464 e. The molecule has 0 heterocycles. The van der Waals surface area contributed by atoms with E-state index in [-0.39, 0.29) is 5.75 Å². The van der Waals surface area contributed by atoms with Crippen LogP contribution in [0, 0.1) is 10.1 Å². The van der Waals surface area contributed by atoms with Gasteiger partial charge in [-0.15, -0.1) is 11.6 Å². The van der Waals surface area contributed by atoms with E-state index in [2.05, 4.69) is 0 Å². The monoisotopic (exact) mass is 284 g/mol. The summed E-state index contributed by atoms with van der Waals surface area (Å²) in [6.07, 6.45) is 1.35. The van der Waals surface area contributed by atoms with Gasteiger partial charge >= 0.3 is 0 Å². The number of hydrogen-bond acceptors (Lipinski definition) is 5. The van der Waals surface area contributed by atoms with E-state index in [0.717, 1.165) is 6.92 Å². The number of ether oxygens (including phenoxy) is 1. The fraction of sp³-hybridized carbons (Fsp3) is 0.333. The molecule has 0 saturated heterocycles. The first-order valence-electron chi connectivity index (χ1n) is 5.31. The number of alkyl halides is 1. The quantitative estimate of drug-likeness (QED) is 0.327. The molecule has 1 radical (unpaired) electrons. The molecule has 0 aliphatic heterocycles. The van der Waals surface area contributed by atoms with Crippen molar-refractivity contribution in [3.8, 4) is 5.75 Å². The molecule has 1 aromatic carbocycles. The molecule has 0 aromatic heterocycles. The molecule has 1 rings (SSSR count). The summed E-state index contributed by atoms with van der Waals surface area (Å²) in [5.41, 5.74) is -2.34. The minimum atomic E-state index is -2.34. The summed E-state index contributed by atoms with van der Waals surface area (Å²) in [7, 11) is 0. The van der Waals surface area contributed by atoms with Crippen molar-refractivity contribution < 1.29 is 19.2 Å². The van der Waals surface area contributed by atoms with Gasteiger partial charge in [-0.1, -0.05) is 18.2 Å². The number of para-hydroxylation sites is 1. The highest BCUT2D eigenvalue weighted by molar-refractivity contribution is 6.19. The predicted molar refractivity (Wildman–Crippen MR) is 67.7 cm³/mol. The molecular formula is C12H11ClNO5. The Morgan fingerprint density at radius 2 is 2.11 bits per heavy atom. The van der Waals surface area contributed by atoms with Crippen LogP contribution in [0.1, 0.15) is 6.92 Å². The molecule has 6 nitrogen and oxygen atoms in total. The molecule has 0 saturated carbocycles. The average molecular weight is 285 g/mol. The second-order valence-electron chi connectivity index (χ2n) is 3.76. The van der Waals surface area contributed by atoms with Gasteiger partial charge in [-0.05, 0) is 19.1 Å². The molecule has 0 aliphatic rings. The average Bonchev–Trinajstić information content (AvgIpc) is 2.38. The van der Waals surface area contributed by atoms with E-state index in [0.29, 0.717) is 0 Å². The Bertz CT molecular complexity index is 478. The summed E-state index contributed by atoms with van der Waals surface area (Å²) in [5, 5.41) is 10.9. The van der Waals surface area contributed by atoms with Gasteiger partial charge in [-0.2, -0.15) is 0 Å². The minimum absolute atomic E-state index is 0.151. The fourth-order valence-electron chi connectivity index (χ4n) is 1.52. The number of nitrogens with zero attached hydrogens (tertiary/aromatic N) is 1. The van der Waals surface area contributed by atoms with Crippen LogP contribution in [0.4, 0.5) is 0 Å². The van der Waals surface area contributed by atoms with Crippen LogP contribution in [0.2, 0.25) is 0 Å². The maximum absolute atomic E-state index is 11.7. The first-order valence-corrected chi connectivity index (χ1v) is 5.85. The SMILES string of the molecule is CC(=O)C([C]=O)(Oc1ccccc1)C(CCl)[N+](=O)[O-]. The number of hydrogen-bond donors (Lipinski definition) is 0. The van der Waals surface area contributed by atoms with Crippen LogP contribution in [-0.2, 0) is 9.59 Å². The lowest BCUT2D eigenvalue weighted by molar-refractivity contribution is -0.528. The van der Waals surface area contributed by atoms with Gasteiger partial charge in [0.15, 0.2) is 5.78 Å². The number of halogens is 1. The Morgan fingerprint density at radius 1 is 1.53 bits per heavy atom. The van der Waals surface area contributed by atoms with Gasteiger partial charge in [0.25, 0.3) is 17.9 Å². The number of carbonyl (C=O) groups is 1. The van der Waals surface area contributed by atoms with E-state index >= 15 is 0 Å². The summed E-state index contributed by atoms with van der Waals surface area (Å²) in [6.45, 7) is 1.02. The maximum atomic E-state index is 11.7. The van der Waals surface area contributed by atoms with Gasteiger partial charge in [-0.25, -0.2) is 0 Å². The van der Waals surface area contributed by atoms with Gasteiger partial charge in [0.1, 0.15) is 5.75 Å². The molecule has 0 spiro atoms. The summed E-state index contributed by atoms with van der Waals surface area (Å²) < 4.78 is 5.23. The van der Waals surface area contributed by atoms with E-state index in [4.69, 9.17) is 16.3 Å². The lowest BCUT2D eigenvalue weighted by atomic mass is 9.92. The molecule has 0 amide bonds. The smallest absolute Gasteiger partial charge is 0.299 e. The molecule has 19 heavy (non-hydrogen) atoms. The Labute approximate surface area is 114 Å². The van der Waals surface area contributed by atoms with E-state index < -0.39 is 28.2 Å². The third-order valence-electron chi connectivity index (χ3n) is 2.57. The van der Waals surface area contributed by atoms with Crippen molar-refractivity contribution in [2.45, 2.75) is 18.6 Å². The van der Waals surface area contributed by atoms with E-state index in [1.165, 1.54) is 18.4 Å². The van der Waals surface area contributed by atoms with Gasteiger partial charge in [0.05, 0.1) is 5.88 Å². The standard InChI is InChI=1S/C12H11ClNO5/c1-9(16)12(8-15,11(7-13)14(17)18)19-10-5-3-2-4-6-10/h2-6,11H,7H2,1H3. The summed E-state index contributed by atoms with van der Waals surface area (Å²) in [5.74, 6) is -1.22. The lowest BCUT2D eigenvalue weighted by Gasteiger charge is -2.27. The van der Waals surface area contributed by atoms with Crippen molar-refractivity contribution in [3.63, 3.8) is 0 Å². The Kier molecular flexibility index (Phi) is 5.00. The van der Waals surface area contributed by atoms with Crippen LogP contribution in [0.15, 0.2) is 30.3 Å². The molecule has 2 atom stereocenters. The fourth-order valence-corrected chi connectivity index (χ4v) is 1.85. The minimum Gasteiger partial charge on any atom is -0.464 e. The second-order valence-corrected chi connectivity index (χ2v) is 4.07. The molecule has 1 aromatic rings. The van der Waals surface area contributed by atoms with E-state index in [9.17, 15) is 19.7 Å². The summed E-state index contributed by atoms with van der Waals surface area (Å²) >= 11 is 5.48. The third-order valence-corrected chi connectivity index (χ3v) is 2.86. The molecule has 2 unspecified atom stereocenters. The van der Waals surface area contributed by atoms with Crippen molar-refractivity contribution in [3.05, 3.63) is 40.4 Å². The lowest BCUT2D eigenvalue weighted by Crippen LogP contribution is -2.58. The Hall–Kier alpha value is -1.95. The second kappa shape index (κ2) is 6.29. The van der Waals surface area contributed by atoms with Crippen LogP contribution in [-0.4, -0.2) is 34.5 Å². The van der Waals surface area contributed by atoms with Crippen molar-refractivity contribution in [2.75, 3.05) is 5.88 Å². The number of nitro groups is 1.